The highest BCUT2D eigenvalue weighted by molar-refractivity contribution is 9.11. The lowest BCUT2D eigenvalue weighted by molar-refractivity contribution is 0.638. The Morgan fingerprint density at radius 3 is 3.30 bits per heavy atom. The molecule has 1 nitrogen and oxygen atoms in total. The van der Waals surface area contributed by atoms with E-state index in [1.807, 2.05) is 11.3 Å². The van der Waals surface area contributed by atoms with Crippen LogP contribution < -0.4 is 5.32 Å². The first-order valence-corrected chi connectivity index (χ1v) is 4.90. The van der Waals surface area contributed by atoms with E-state index in [1.54, 1.807) is 0 Å². The molecule has 0 amide bonds. The third-order valence-electron chi connectivity index (χ3n) is 1.80. The van der Waals surface area contributed by atoms with E-state index in [9.17, 15) is 0 Å². The van der Waals surface area contributed by atoms with Gasteiger partial charge in [0.05, 0.1) is 3.79 Å². The molecular weight excluding hydrogens is 210 g/mol. The molecule has 1 aromatic rings. The lowest BCUT2D eigenvalue weighted by Crippen LogP contribution is -2.06. The van der Waals surface area contributed by atoms with Crippen molar-refractivity contribution in [2.24, 2.45) is 0 Å². The molecule has 2 heterocycles. The fraction of sp³-hybridized carbons (Fsp3) is 0.429. The van der Waals surface area contributed by atoms with Crippen LogP contribution in [0.5, 0.6) is 0 Å². The lowest BCUT2D eigenvalue weighted by atomic mass is 10.2. The quantitative estimate of drug-likeness (QED) is 0.705. The maximum absolute atomic E-state index is 3.48. The molecule has 1 atom stereocenters. The van der Waals surface area contributed by atoms with E-state index in [0.717, 1.165) is 6.54 Å². The monoisotopic (exact) mass is 217 g/mol. The minimum atomic E-state index is 0.561. The summed E-state index contributed by atoms with van der Waals surface area (Å²) in [5.74, 6) is 0. The van der Waals surface area contributed by atoms with Crippen molar-refractivity contribution in [3.05, 3.63) is 20.3 Å². The molecule has 0 saturated carbocycles. The van der Waals surface area contributed by atoms with E-state index >= 15 is 0 Å². The topological polar surface area (TPSA) is 12.0 Å². The van der Waals surface area contributed by atoms with Crippen LogP contribution >= 0.6 is 27.3 Å². The smallest absolute Gasteiger partial charge is 0.0705 e. The Morgan fingerprint density at radius 2 is 2.60 bits per heavy atom. The van der Waals surface area contributed by atoms with Crippen molar-refractivity contribution in [1.82, 2.24) is 5.32 Å². The average molecular weight is 218 g/mol. The third kappa shape index (κ3) is 0.929. The number of rotatable bonds is 0. The van der Waals surface area contributed by atoms with Crippen LogP contribution in [-0.2, 0) is 6.54 Å². The van der Waals surface area contributed by atoms with Gasteiger partial charge in [-0.3, -0.25) is 0 Å². The molecule has 0 fully saturated rings. The van der Waals surface area contributed by atoms with Gasteiger partial charge in [0.25, 0.3) is 0 Å². The first-order valence-electron chi connectivity index (χ1n) is 3.29. The molecule has 1 aromatic heterocycles. The van der Waals surface area contributed by atoms with Gasteiger partial charge < -0.3 is 5.32 Å². The molecule has 0 spiro atoms. The molecule has 1 aliphatic rings. The van der Waals surface area contributed by atoms with Gasteiger partial charge in [-0.1, -0.05) is 0 Å². The van der Waals surface area contributed by atoms with Crippen molar-refractivity contribution >= 4 is 27.3 Å². The minimum Gasteiger partial charge on any atom is -0.305 e. The van der Waals surface area contributed by atoms with Gasteiger partial charge in [-0.2, -0.15) is 0 Å². The minimum absolute atomic E-state index is 0.561. The van der Waals surface area contributed by atoms with E-state index in [1.165, 1.54) is 14.2 Å². The molecule has 1 N–H and O–H groups in total. The zero-order chi connectivity index (χ0) is 7.14. The van der Waals surface area contributed by atoms with E-state index in [-0.39, 0.29) is 0 Å². The van der Waals surface area contributed by atoms with E-state index in [0.29, 0.717) is 6.04 Å². The van der Waals surface area contributed by atoms with Crippen LogP contribution in [0.2, 0.25) is 0 Å². The van der Waals surface area contributed by atoms with Gasteiger partial charge in [-0.15, -0.1) is 11.3 Å². The predicted molar refractivity (Wildman–Crippen MR) is 47.3 cm³/mol. The highest BCUT2D eigenvalue weighted by atomic mass is 79.9. The first kappa shape index (κ1) is 6.83. The molecular formula is C7H8BrNS. The summed E-state index contributed by atoms with van der Waals surface area (Å²) in [4.78, 5) is 1.49. The molecule has 0 radical (unpaired) electrons. The van der Waals surface area contributed by atoms with Crippen LogP contribution in [0.4, 0.5) is 0 Å². The van der Waals surface area contributed by atoms with Crippen LogP contribution in [0.1, 0.15) is 23.4 Å². The summed E-state index contributed by atoms with van der Waals surface area (Å²) in [6, 6.07) is 2.77. The maximum Gasteiger partial charge on any atom is 0.0705 e. The second-order valence-electron chi connectivity index (χ2n) is 2.54. The van der Waals surface area contributed by atoms with Gasteiger partial charge in [-0.25, -0.2) is 0 Å². The number of halogens is 1. The fourth-order valence-corrected chi connectivity index (χ4v) is 3.00. The molecule has 3 heteroatoms. The summed E-state index contributed by atoms with van der Waals surface area (Å²) in [6.07, 6.45) is 0. The Kier molecular flexibility index (Phi) is 1.59. The second kappa shape index (κ2) is 2.32. The normalized spacial score (nSPS) is 23.2. The molecule has 0 bridgehead atoms. The Labute approximate surface area is 72.6 Å². The van der Waals surface area contributed by atoms with Gasteiger partial charge in [0.1, 0.15) is 0 Å². The summed E-state index contributed by atoms with van der Waals surface area (Å²) in [7, 11) is 0. The molecule has 54 valence electrons. The number of nitrogens with one attached hydrogen (secondary N) is 1. The molecule has 2 rings (SSSR count). The fourth-order valence-electron chi connectivity index (χ4n) is 1.27. The van der Waals surface area contributed by atoms with E-state index in [4.69, 9.17) is 0 Å². The largest absolute Gasteiger partial charge is 0.305 e. The molecule has 1 unspecified atom stereocenters. The van der Waals surface area contributed by atoms with Crippen molar-refractivity contribution < 1.29 is 0 Å². The Bertz CT molecular complexity index is 256. The average Bonchev–Trinajstić information content (AvgIpc) is 2.35. The summed E-state index contributed by atoms with van der Waals surface area (Å²) in [6.45, 7) is 3.24. The predicted octanol–water partition coefficient (Wildman–Crippen LogP) is 2.67. The van der Waals surface area contributed by atoms with Crippen LogP contribution in [0.15, 0.2) is 9.85 Å². The Balaban J connectivity index is 2.49. The number of fused-ring (bicyclic) bond motifs is 1. The van der Waals surface area contributed by atoms with Crippen molar-refractivity contribution in [3.8, 4) is 0 Å². The van der Waals surface area contributed by atoms with E-state index < -0.39 is 0 Å². The third-order valence-corrected chi connectivity index (χ3v) is 3.67. The highest BCUT2D eigenvalue weighted by Crippen LogP contribution is 2.35. The number of hydrogen-bond donors (Lipinski definition) is 1. The summed E-state index contributed by atoms with van der Waals surface area (Å²) >= 11 is 5.32. The van der Waals surface area contributed by atoms with Crippen LogP contribution in [0, 0.1) is 0 Å². The molecule has 10 heavy (non-hydrogen) atoms. The van der Waals surface area contributed by atoms with Crippen LogP contribution in [-0.4, -0.2) is 0 Å². The van der Waals surface area contributed by atoms with E-state index in [2.05, 4.69) is 34.2 Å². The zero-order valence-corrected chi connectivity index (χ0v) is 8.05. The lowest BCUT2D eigenvalue weighted by Gasteiger charge is -1.99. The van der Waals surface area contributed by atoms with Gasteiger partial charge >= 0.3 is 0 Å². The Morgan fingerprint density at radius 1 is 1.80 bits per heavy atom. The molecule has 0 saturated heterocycles. The number of thiophene rings is 1. The molecule has 0 aliphatic carbocycles. The van der Waals surface area contributed by atoms with Crippen molar-refractivity contribution in [2.75, 3.05) is 0 Å². The van der Waals surface area contributed by atoms with Crippen LogP contribution in [0.25, 0.3) is 0 Å². The van der Waals surface area contributed by atoms with Gasteiger partial charge in [0.15, 0.2) is 0 Å². The molecule has 1 aliphatic heterocycles. The zero-order valence-electron chi connectivity index (χ0n) is 5.65. The van der Waals surface area contributed by atoms with Crippen LogP contribution in [0.3, 0.4) is 0 Å². The number of hydrogen-bond acceptors (Lipinski definition) is 2. The highest BCUT2D eigenvalue weighted by Gasteiger charge is 2.19. The van der Waals surface area contributed by atoms with Crippen molar-refractivity contribution in [2.45, 2.75) is 19.5 Å². The van der Waals surface area contributed by atoms with Gasteiger partial charge in [0.2, 0.25) is 0 Å². The second-order valence-corrected chi connectivity index (χ2v) is 5.01. The van der Waals surface area contributed by atoms with Gasteiger partial charge in [0, 0.05) is 17.5 Å². The first-order chi connectivity index (χ1) is 4.77. The van der Waals surface area contributed by atoms with Crippen molar-refractivity contribution in [3.63, 3.8) is 0 Å². The Hall–Kier alpha value is 0.140. The SMILES string of the molecule is CC1NCc2cc(Br)sc21. The summed E-state index contributed by atoms with van der Waals surface area (Å²) in [5, 5.41) is 3.38. The summed E-state index contributed by atoms with van der Waals surface area (Å²) in [5.41, 5.74) is 1.46. The summed E-state index contributed by atoms with van der Waals surface area (Å²) < 4.78 is 1.26. The standard InChI is InChI=1S/C7H8BrNS/c1-4-7-5(3-9-4)2-6(8)10-7/h2,4,9H,3H2,1H3. The molecule has 0 aromatic carbocycles. The van der Waals surface area contributed by atoms with Crippen molar-refractivity contribution in [1.29, 1.82) is 0 Å². The maximum atomic E-state index is 3.48. The van der Waals surface area contributed by atoms with Gasteiger partial charge in [-0.05, 0) is 34.5 Å².